The molecular weight excluding hydrogens is 234 g/mol. The Kier molecular flexibility index (Phi) is 27.6. The minimum Gasteiger partial charge on any atom is -0.516 e. The topological polar surface area (TPSA) is 44.0 Å². The second-order valence-electron chi connectivity index (χ2n) is 2.60. The molecule has 0 aliphatic heterocycles. The van der Waals surface area contributed by atoms with Crippen molar-refractivity contribution in [1.82, 2.24) is 0 Å². The Morgan fingerprint density at radius 1 is 0.947 bits per heavy atom. The van der Waals surface area contributed by atoms with Crippen molar-refractivity contribution in [2.75, 3.05) is 0 Å². The molecule has 1 N–H and O–H groups in total. The Balaban J connectivity index is -0.000000200. The third kappa shape index (κ3) is 31.3. The standard InChI is InChI=1S/C8H8.C4H6.C3H3N.C2H4O/c1-2-8-6-4-3-5-7-8;1-3-4-2;1-2-3-4;1-2-3/h2-7H,1H2;3-4H,1-2H2;2H,1H2;2-3H,1H2. The van der Waals surface area contributed by atoms with Crippen molar-refractivity contribution in [3.63, 3.8) is 0 Å². The minimum atomic E-state index is 0.750. The van der Waals surface area contributed by atoms with Gasteiger partial charge in [0.15, 0.2) is 0 Å². The van der Waals surface area contributed by atoms with Gasteiger partial charge >= 0.3 is 0 Å². The molecule has 2 nitrogen and oxygen atoms in total. The van der Waals surface area contributed by atoms with Crippen molar-refractivity contribution < 1.29 is 5.11 Å². The first-order valence-electron chi connectivity index (χ1n) is 5.34. The van der Waals surface area contributed by atoms with Gasteiger partial charge in [-0.25, -0.2) is 0 Å². The van der Waals surface area contributed by atoms with E-state index in [9.17, 15) is 0 Å². The van der Waals surface area contributed by atoms with Crippen LogP contribution in [0.25, 0.3) is 6.08 Å². The lowest BCUT2D eigenvalue weighted by Gasteiger charge is -1.85. The fraction of sp³-hybridized carbons (Fsp3) is 0. The van der Waals surface area contributed by atoms with Crippen molar-refractivity contribution in [2.45, 2.75) is 0 Å². The van der Waals surface area contributed by atoms with E-state index >= 15 is 0 Å². The van der Waals surface area contributed by atoms with Crippen LogP contribution in [0.4, 0.5) is 0 Å². The van der Waals surface area contributed by atoms with Gasteiger partial charge in [0.05, 0.1) is 12.3 Å². The molecule has 1 aromatic rings. The predicted octanol–water partition coefficient (Wildman–Crippen LogP) is 5.07. The molecule has 0 fully saturated rings. The van der Waals surface area contributed by atoms with Crippen LogP contribution in [0.3, 0.4) is 0 Å². The number of aliphatic hydroxyl groups is 1. The van der Waals surface area contributed by atoms with Crippen LogP contribution in [0.15, 0.2) is 87.7 Å². The van der Waals surface area contributed by atoms with Crippen LogP contribution in [0.1, 0.15) is 5.56 Å². The van der Waals surface area contributed by atoms with Crippen LogP contribution in [-0.4, -0.2) is 5.11 Å². The summed E-state index contributed by atoms with van der Waals surface area (Å²) >= 11 is 0. The lowest BCUT2D eigenvalue weighted by atomic mass is 10.2. The average Bonchev–Trinajstić information content (AvgIpc) is 2.49. The largest absolute Gasteiger partial charge is 0.516 e. The Bertz CT molecular complexity index is 379. The first-order chi connectivity index (χ1) is 9.17. The Labute approximate surface area is 116 Å². The smallest absolute Gasteiger partial charge is 0.0905 e. The van der Waals surface area contributed by atoms with Crippen LogP contribution >= 0.6 is 0 Å². The number of hydrogen-bond donors (Lipinski definition) is 1. The molecule has 100 valence electrons. The molecule has 0 unspecified atom stereocenters. The number of rotatable bonds is 2. The zero-order valence-electron chi connectivity index (χ0n) is 11.2. The van der Waals surface area contributed by atoms with E-state index in [4.69, 9.17) is 10.4 Å². The molecule has 0 bridgehead atoms. The van der Waals surface area contributed by atoms with Crippen molar-refractivity contribution in [3.05, 3.63) is 93.3 Å². The minimum absolute atomic E-state index is 0.750. The Morgan fingerprint density at radius 2 is 1.32 bits per heavy atom. The zero-order valence-corrected chi connectivity index (χ0v) is 11.2. The molecule has 0 atom stereocenters. The molecule has 0 aliphatic rings. The van der Waals surface area contributed by atoms with Crippen LogP contribution in [0, 0.1) is 11.3 Å². The average molecular weight is 255 g/mol. The second kappa shape index (κ2) is 24.4. The fourth-order valence-corrected chi connectivity index (χ4v) is 0.589. The first kappa shape index (κ1) is 21.5. The van der Waals surface area contributed by atoms with E-state index in [1.165, 1.54) is 11.6 Å². The molecule has 0 heterocycles. The number of aliphatic hydroxyl groups excluding tert-OH is 1. The lowest BCUT2D eigenvalue weighted by Crippen LogP contribution is -1.63. The number of nitriles is 1. The van der Waals surface area contributed by atoms with Crippen LogP contribution in [0.2, 0.25) is 0 Å². The highest BCUT2D eigenvalue weighted by Crippen LogP contribution is 1.97. The summed E-state index contributed by atoms with van der Waals surface area (Å²) in [4.78, 5) is 0. The summed E-state index contributed by atoms with van der Waals surface area (Å²) in [6.07, 6.45) is 7.04. The van der Waals surface area contributed by atoms with E-state index < -0.39 is 0 Å². The molecule has 2 heteroatoms. The van der Waals surface area contributed by atoms with E-state index in [0.29, 0.717) is 0 Å². The zero-order chi connectivity index (χ0) is 15.4. The summed E-state index contributed by atoms with van der Waals surface area (Å²) in [7, 11) is 0. The van der Waals surface area contributed by atoms with E-state index in [2.05, 4.69) is 32.9 Å². The maximum atomic E-state index is 7.51. The number of nitrogens with zero attached hydrogens (tertiary/aromatic N) is 1. The van der Waals surface area contributed by atoms with Gasteiger partial charge in [0.2, 0.25) is 0 Å². The van der Waals surface area contributed by atoms with E-state index in [1.54, 1.807) is 18.2 Å². The van der Waals surface area contributed by atoms with Crippen molar-refractivity contribution in [2.24, 2.45) is 0 Å². The van der Waals surface area contributed by atoms with Gasteiger partial charge in [0.1, 0.15) is 0 Å². The molecule has 0 spiro atoms. The van der Waals surface area contributed by atoms with Gasteiger partial charge < -0.3 is 5.11 Å². The van der Waals surface area contributed by atoms with Crippen molar-refractivity contribution >= 4 is 6.08 Å². The third-order valence-corrected chi connectivity index (χ3v) is 1.29. The highest BCUT2D eigenvalue weighted by atomic mass is 16.2. The van der Waals surface area contributed by atoms with Gasteiger partial charge in [-0.05, 0) is 5.56 Å². The Morgan fingerprint density at radius 3 is 1.47 bits per heavy atom. The van der Waals surface area contributed by atoms with Gasteiger partial charge in [0, 0.05) is 6.08 Å². The highest BCUT2D eigenvalue weighted by Gasteiger charge is 1.75. The molecule has 19 heavy (non-hydrogen) atoms. The van der Waals surface area contributed by atoms with Crippen molar-refractivity contribution in [3.8, 4) is 6.07 Å². The summed E-state index contributed by atoms with van der Waals surface area (Å²) in [6.45, 7) is 16.4. The molecule has 0 aliphatic carbocycles. The van der Waals surface area contributed by atoms with E-state index in [0.717, 1.165) is 6.26 Å². The highest BCUT2D eigenvalue weighted by molar-refractivity contribution is 5.45. The quantitative estimate of drug-likeness (QED) is 0.455. The third-order valence-electron chi connectivity index (χ3n) is 1.29. The molecule has 0 aromatic heterocycles. The van der Waals surface area contributed by atoms with Gasteiger partial charge in [0.25, 0.3) is 0 Å². The lowest BCUT2D eigenvalue weighted by molar-refractivity contribution is 0.476. The molecular formula is C17H21NO. The molecule has 0 saturated heterocycles. The fourth-order valence-electron chi connectivity index (χ4n) is 0.589. The van der Waals surface area contributed by atoms with E-state index in [-0.39, 0.29) is 0 Å². The maximum Gasteiger partial charge on any atom is 0.0905 e. The summed E-state index contributed by atoms with van der Waals surface area (Å²) < 4.78 is 0. The van der Waals surface area contributed by atoms with Crippen LogP contribution < -0.4 is 0 Å². The summed E-state index contributed by atoms with van der Waals surface area (Å²) in [5.74, 6) is 0. The second-order valence-corrected chi connectivity index (χ2v) is 2.60. The molecule has 0 amide bonds. The number of benzene rings is 1. The number of allylic oxidation sites excluding steroid dienone is 3. The van der Waals surface area contributed by atoms with Crippen LogP contribution in [0.5, 0.6) is 0 Å². The first-order valence-corrected chi connectivity index (χ1v) is 5.34. The Hall–Kier alpha value is -2.79. The normalized spacial score (nSPS) is 6.05. The summed E-state index contributed by atoms with van der Waals surface area (Å²) in [6, 6.07) is 11.7. The van der Waals surface area contributed by atoms with Gasteiger partial charge in [-0.15, -0.1) is 0 Å². The maximum absolute atomic E-state index is 7.51. The van der Waals surface area contributed by atoms with Gasteiger partial charge in [-0.1, -0.05) is 81.5 Å². The summed E-state index contributed by atoms with van der Waals surface area (Å²) in [5.41, 5.74) is 1.17. The van der Waals surface area contributed by atoms with Gasteiger partial charge in [-0.2, -0.15) is 5.26 Å². The molecule has 1 rings (SSSR count). The molecule has 0 radical (unpaired) electrons. The molecule has 0 saturated carbocycles. The molecule has 1 aromatic carbocycles. The SMILES string of the molecule is C=CC#N.C=CC=C.C=CO.C=Cc1ccccc1. The monoisotopic (exact) mass is 255 g/mol. The van der Waals surface area contributed by atoms with Crippen molar-refractivity contribution in [1.29, 1.82) is 5.26 Å². The van der Waals surface area contributed by atoms with Gasteiger partial charge in [-0.3, -0.25) is 0 Å². The summed E-state index contributed by atoms with van der Waals surface area (Å²) in [5, 5.41) is 14.8. The van der Waals surface area contributed by atoms with E-state index in [1.807, 2.05) is 36.4 Å². The number of hydrogen-bond acceptors (Lipinski definition) is 2. The van der Waals surface area contributed by atoms with Crippen LogP contribution in [-0.2, 0) is 0 Å². The predicted molar refractivity (Wildman–Crippen MR) is 85.6 cm³/mol.